The predicted molar refractivity (Wildman–Crippen MR) is 55.7 cm³/mol. The molecule has 0 aliphatic rings. The minimum atomic E-state index is -1.37. The lowest BCUT2D eigenvalue weighted by atomic mass is 10.00. The molecule has 0 atom stereocenters. The Bertz CT molecular complexity index is 172. The molecule has 0 heterocycles. The highest BCUT2D eigenvalue weighted by atomic mass is 35.5. The van der Waals surface area contributed by atoms with Crippen molar-refractivity contribution >= 4 is 29.0 Å². The summed E-state index contributed by atoms with van der Waals surface area (Å²) in [5.41, 5.74) is 9.75. The van der Waals surface area contributed by atoms with Crippen LogP contribution in [0.25, 0.3) is 0 Å². The second-order valence-electron chi connectivity index (χ2n) is 3.16. The molecule has 0 aromatic heterocycles. The number of unbranched alkanes of at least 4 members (excludes halogenated alkanes) is 2. The van der Waals surface area contributed by atoms with Gasteiger partial charge in [-0.1, -0.05) is 43.0 Å². The number of ketones is 1. The van der Waals surface area contributed by atoms with Crippen molar-refractivity contribution in [3.05, 3.63) is 0 Å². The van der Waals surface area contributed by atoms with Crippen molar-refractivity contribution in [2.75, 3.05) is 0 Å². The van der Waals surface area contributed by atoms with E-state index < -0.39 is 16.3 Å². The third-order valence-electron chi connectivity index (χ3n) is 1.85. The highest BCUT2D eigenvalue weighted by Gasteiger charge is 2.32. The summed E-state index contributed by atoms with van der Waals surface area (Å²) >= 11 is 10.8. The summed E-state index contributed by atoms with van der Waals surface area (Å²) in [4.78, 5) is 10.1. The summed E-state index contributed by atoms with van der Waals surface area (Å²) in [5, 5.41) is 0. The largest absolute Gasteiger partial charge is 0.307 e. The van der Waals surface area contributed by atoms with Gasteiger partial charge in [-0.15, -0.1) is 0 Å². The molecule has 0 aromatic carbocycles. The van der Waals surface area contributed by atoms with Gasteiger partial charge in [0.2, 0.25) is 0 Å². The molecular weight excluding hydrogens is 211 g/mol. The SMILES string of the molecule is CCCCCC(N)(N)C(=O)C(Cl)Cl. The van der Waals surface area contributed by atoms with Gasteiger partial charge < -0.3 is 11.5 Å². The fraction of sp³-hybridized carbons (Fsp3) is 0.875. The van der Waals surface area contributed by atoms with Crippen LogP contribution in [0.5, 0.6) is 0 Å². The summed E-state index contributed by atoms with van der Waals surface area (Å²) < 4.78 is 0. The maximum Gasteiger partial charge on any atom is 0.199 e. The normalized spacial score (nSPS) is 12.2. The second kappa shape index (κ2) is 5.81. The summed E-state index contributed by atoms with van der Waals surface area (Å²) in [6.07, 6.45) is 3.29. The van der Waals surface area contributed by atoms with E-state index in [0.717, 1.165) is 19.3 Å². The Morgan fingerprint density at radius 2 is 1.92 bits per heavy atom. The van der Waals surface area contributed by atoms with E-state index in [0.29, 0.717) is 6.42 Å². The average Bonchev–Trinajstić information content (AvgIpc) is 2.03. The molecule has 5 heteroatoms. The number of hydrogen-bond acceptors (Lipinski definition) is 3. The number of rotatable bonds is 6. The highest BCUT2D eigenvalue weighted by Crippen LogP contribution is 2.14. The van der Waals surface area contributed by atoms with E-state index in [9.17, 15) is 4.79 Å². The number of carbonyl (C=O) groups is 1. The minimum absolute atomic E-state index is 0.426. The van der Waals surface area contributed by atoms with Crippen molar-refractivity contribution in [3.8, 4) is 0 Å². The molecule has 0 saturated carbocycles. The summed E-state index contributed by atoms with van der Waals surface area (Å²) in [6.45, 7) is 2.06. The number of carbonyl (C=O) groups excluding carboxylic acids is 1. The fourth-order valence-electron chi connectivity index (χ4n) is 0.994. The molecule has 78 valence electrons. The van der Waals surface area contributed by atoms with Crippen LogP contribution in [0, 0.1) is 0 Å². The average molecular weight is 227 g/mol. The van der Waals surface area contributed by atoms with Gasteiger partial charge in [-0.3, -0.25) is 4.79 Å². The molecule has 0 rings (SSSR count). The number of Topliss-reactive ketones (excluding diaryl/α,β-unsaturated/α-hetero) is 1. The highest BCUT2D eigenvalue weighted by molar-refractivity contribution is 6.54. The van der Waals surface area contributed by atoms with Gasteiger partial charge in [0.25, 0.3) is 0 Å². The molecule has 0 aliphatic carbocycles. The van der Waals surface area contributed by atoms with Crippen molar-refractivity contribution in [2.45, 2.75) is 43.1 Å². The van der Waals surface area contributed by atoms with E-state index in [1.807, 2.05) is 0 Å². The van der Waals surface area contributed by atoms with Gasteiger partial charge in [-0.25, -0.2) is 0 Å². The van der Waals surface area contributed by atoms with Gasteiger partial charge in [-0.2, -0.15) is 0 Å². The Kier molecular flexibility index (Phi) is 5.88. The fourth-order valence-corrected chi connectivity index (χ4v) is 1.40. The third-order valence-corrected chi connectivity index (χ3v) is 2.25. The molecule has 0 fully saturated rings. The second-order valence-corrected chi connectivity index (χ2v) is 4.26. The molecule has 0 radical (unpaired) electrons. The summed E-state index contributed by atoms with van der Waals surface area (Å²) in [6, 6.07) is 0. The van der Waals surface area contributed by atoms with Crippen LogP contribution < -0.4 is 11.5 Å². The van der Waals surface area contributed by atoms with E-state index >= 15 is 0 Å². The number of alkyl halides is 2. The lowest BCUT2D eigenvalue weighted by Gasteiger charge is -2.23. The van der Waals surface area contributed by atoms with Crippen LogP contribution in [-0.2, 0) is 4.79 Å². The van der Waals surface area contributed by atoms with E-state index in [2.05, 4.69) is 6.92 Å². The molecule has 4 N–H and O–H groups in total. The molecular formula is C8H16Cl2N2O. The topological polar surface area (TPSA) is 69.1 Å². The molecule has 0 saturated heterocycles. The standard InChI is InChI=1S/C8H16Cl2N2O/c1-2-3-4-5-8(11,12)6(13)7(9)10/h7H,2-5,11-12H2,1H3. The maximum absolute atomic E-state index is 11.2. The van der Waals surface area contributed by atoms with Crippen LogP contribution >= 0.6 is 23.2 Å². The lowest BCUT2D eigenvalue weighted by Crippen LogP contribution is -2.58. The van der Waals surface area contributed by atoms with Crippen molar-refractivity contribution in [1.82, 2.24) is 0 Å². The third kappa shape index (κ3) is 4.81. The summed E-state index contributed by atoms with van der Waals surface area (Å²) in [5.74, 6) is -0.507. The Hall–Kier alpha value is 0.170. The molecule has 0 bridgehead atoms. The lowest BCUT2D eigenvalue weighted by molar-refractivity contribution is -0.122. The molecule has 0 aliphatic heterocycles. The monoisotopic (exact) mass is 226 g/mol. The van der Waals surface area contributed by atoms with Crippen molar-refractivity contribution in [2.24, 2.45) is 11.5 Å². The smallest absolute Gasteiger partial charge is 0.199 e. The van der Waals surface area contributed by atoms with Gasteiger partial charge in [0.05, 0.1) is 0 Å². The van der Waals surface area contributed by atoms with Crippen LogP contribution in [0.15, 0.2) is 0 Å². The van der Waals surface area contributed by atoms with Crippen molar-refractivity contribution in [3.63, 3.8) is 0 Å². The van der Waals surface area contributed by atoms with Crippen molar-refractivity contribution in [1.29, 1.82) is 0 Å². The quantitative estimate of drug-likeness (QED) is 0.411. The molecule has 0 unspecified atom stereocenters. The van der Waals surface area contributed by atoms with E-state index in [1.165, 1.54) is 0 Å². The first kappa shape index (κ1) is 13.2. The van der Waals surface area contributed by atoms with Crippen LogP contribution in [0.4, 0.5) is 0 Å². The zero-order valence-corrected chi connectivity index (χ0v) is 9.24. The zero-order valence-electron chi connectivity index (χ0n) is 7.72. The first-order valence-corrected chi connectivity index (χ1v) is 5.19. The van der Waals surface area contributed by atoms with Gasteiger partial charge in [0, 0.05) is 0 Å². The number of hydrogen-bond donors (Lipinski definition) is 2. The van der Waals surface area contributed by atoms with E-state index in [4.69, 9.17) is 34.7 Å². The van der Waals surface area contributed by atoms with Crippen LogP contribution in [0.1, 0.15) is 32.6 Å². The Balaban J connectivity index is 3.99. The van der Waals surface area contributed by atoms with Gasteiger partial charge in [-0.05, 0) is 12.8 Å². The van der Waals surface area contributed by atoms with Gasteiger partial charge >= 0.3 is 0 Å². The van der Waals surface area contributed by atoms with Crippen LogP contribution in [0.2, 0.25) is 0 Å². The molecule has 3 nitrogen and oxygen atoms in total. The van der Waals surface area contributed by atoms with Gasteiger partial charge in [0.15, 0.2) is 10.6 Å². The zero-order chi connectivity index (χ0) is 10.5. The molecule has 0 aromatic rings. The van der Waals surface area contributed by atoms with E-state index in [1.54, 1.807) is 0 Å². The Morgan fingerprint density at radius 3 is 2.31 bits per heavy atom. The number of halogens is 2. The minimum Gasteiger partial charge on any atom is -0.307 e. The Labute approximate surface area is 88.7 Å². The first-order valence-electron chi connectivity index (χ1n) is 4.32. The maximum atomic E-state index is 11.2. The molecule has 0 spiro atoms. The first-order chi connectivity index (χ1) is 5.91. The molecule has 13 heavy (non-hydrogen) atoms. The predicted octanol–water partition coefficient (Wildman–Crippen LogP) is 1.55. The molecule has 0 amide bonds. The summed E-state index contributed by atoms with van der Waals surface area (Å²) in [7, 11) is 0. The van der Waals surface area contributed by atoms with Gasteiger partial charge in [0.1, 0.15) is 5.66 Å². The number of nitrogens with two attached hydrogens (primary N) is 2. The Morgan fingerprint density at radius 1 is 1.38 bits per heavy atom. The van der Waals surface area contributed by atoms with Crippen molar-refractivity contribution < 1.29 is 4.79 Å². The van der Waals surface area contributed by atoms with Crippen LogP contribution in [-0.4, -0.2) is 16.3 Å². The van der Waals surface area contributed by atoms with E-state index in [-0.39, 0.29) is 0 Å². The van der Waals surface area contributed by atoms with Crippen LogP contribution in [0.3, 0.4) is 0 Å².